The van der Waals surface area contributed by atoms with Crippen molar-refractivity contribution >= 4 is 11.7 Å². The number of benzene rings is 2. The Hall–Kier alpha value is -3.74. The molecule has 2 heterocycles. The van der Waals surface area contributed by atoms with Gasteiger partial charge in [-0.15, -0.1) is 0 Å². The standard InChI is InChI=1S/C24H22N2O5/c1-12-21-22(14-5-8-20(30-2)18(28)10-14)23-17(25-24(21)31-26-12)9-15(11-19(23)29)13-3-6-16(27)7-4-13/h3-8,10,15,22,25,27-28H,9,11H2,1-2H3/t15-,22+/m1/s1. The number of Topliss-reactive ketones (excluding diaryl/α,β-unsaturated/α-hetero) is 1. The van der Waals surface area contributed by atoms with Gasteiger partial charge in [-0.2, -0.15) is 0 Å². The van der Waals surface area contributed by atoms with E-state index in [2.05, 4.69) is 10.5 Å². The molecule has 0 radical (unpaired) electrons. The van der Waals surface area contributed by atoms with E-state index in [1.54, 1.807) is 24.3 Å². The Morgan fingerprint density at radius 1 is 1.10 bits per heavy atom. The van der Waals surface area contributed by atoms with Crippen LogP contribution in [0.4, 0.5) is 5.88 Å². The maximum Gasteiger partial charge on any atom is 0.233 e. The van der Waals surface area contributed by atoms with Gasteiger partial charge in [0.05, 0.1) is 18.4 Å². The summed E-state index contributed by atoms with van der Waals surface area (Å²) >= 11 is 0. The number of nitrogens with zero attached hydrogens (tertiary/aromatic N) is 1. The van der Waals surface area contributed by atoms with Crippen molar-refractivity contribution < 1.29 is 24.3 Å². The summed E-state index contributed by atoms with van der Waals surface area (Å²) in [6.45, 7) is 1.85. The van der Waals surface area contributed by atoms with Crippen LogP contribution in [0.3, 0.4) is 0 Å². The molecule has 5 rings (SSSR count). The summed E-state index contributed by atoms with van der Waals surface area (Å²) in [6.07, 6.45) is 0.993. The number of carbonyl (C=O) groups excluding carboxylic acids is 1. The van der Waals surface area contributed by atoms with E-state index >= 15 is 0 Å². The van der Waals surface area contributed by atoms with Crippen LogP contribution in [0.2, 0.25) is 0 Å². The summed E-state index contributed by atoms with van der Waals surface area (Å²) in [5, 5.41) is 27.4. The lowest BCUT2D eigenvalue weighted by molar-refractivity contribution is -0.116. The fourth-order valence-electron chi connectivity index (χ4n) is 4.67. The molecule has 1 aromatic heterocycles. The zero-order chi connectivity index (χ0) is 21.7. The minimum absolute atomic E-state index is 0.00478. The lowest BCUT2D eigenvalue weighted by Crippen LogP contribution is -2.29. The molecule has 0 bridgehead atoms. The van der Waals surface area contributed by atoms with E-state index in [9.17, 15) is 15.0 Å². The van der Waals surface area contributed by atoms with Crippen molar-refractivity contribution in [1.29, 1.82) is 0 Å². The van der Waals surface area contributed by atoms with E-state index in [1.807, 2.05) is 25.1 Å². The highest BCUT2D eigenvalue weighted by Gasteiger charge is 2.41. The zero-order valence-electron chi connectivity index (χ0n) is 17.2. The Labute approximate surface area is 179 Å². The summed E-state index contributed by atoms with van der Waals surface area (Å²) in [4.78, 5) is 13.4. The van der Waals surface area contributed by atoms with Gasteiger partial charge in [-0.3, -0.25) is 4.79 Å². The monoisotopic (exact) mass is 418 g/mol. The number of hydrogen-bond donors (Lipinski definition) is 3. The van der Waals surface area contributed by atoms with Gasteiger partial charge in [0.15, 0.2) is 17.3 Å². The fraction of sp³-hybridized carbons (Fsp3) is 0.250. The van der Waals surface area contributed by atoms with Gasteiger partial charge in [0.1, 0.15) is 5.75 Å². The molecule has 3 aromatic rings. The van der Waals surface area contributed by atoms with Crippen molar-refractivity contribution in [2.24, 2.45) is 0 Å². The highest BCUT2D eigenvalue weighted by atomic mass is 16.5. The van der Waals surface area contributed by atoms with E-state index in [0.29, 0.717) is 35.7 Å². The number of aryl methyl sites for hydroxylation is 1. The SMILES string of the molecule is COc1ccc([C@@H]2C3=C(C[C@@H](c4ccc(O)cc4)CC3=O)Nc3onc(C)c32)cc1O. The average Bonchev–Trinajstić information content (AvgIpc) is 3.13. The van der Waals surface area contributed by atoms with Gasteiger partial charge in [0, 0.05) is 23.6 Å². The van der Waals surface area contributed by atoms with Gasteiger partial charge in [0.2, 0.25) is 5.88 Å². The number of phenolic OH excluding ortho intramolecular Hbond substituents is 2. The van der Waals surface area contributed by atoms with Crippen molar-refractivity contribution in [2.45, 2.75) is 31.6 Å². The van der Waals surface area contributed by atoms with Gasteiger partial charge in [-0.25, -0.2) is 0 Å². The van der Waals surface area contributed by atoms with Gasteiger partial charge in [-0.05, 0) is 54.7 Å². The van der Waals surface area contributed by atoms with E-state index in [1.165, 1.54) is 7.11 Å². The lowest BCUT2D eigenvalue weighted by atomic mass is 9.72. The molecule has 7 nitrogen and oxygen atoms in total. The summed E-state index contributed by atoms with van der Waals surface area (Å²) in [6, 6.07) is 12.2. The predicted octanol–water partition coefficient (Wildman–Crippen LogP) is 4.36. The highest BCUT2D eigenvalue weighted by molar-refractivity contribution is 6.01. The summed E-state index contributed by atoms with van der Waals surface area (Å²) < 4.78 is 10.7. The van der Waals surface area contributed by atoms with Gasteiger partial charge in [0.25, 0.3) is 0 Å². The second kappa shape index (κ2) is 7.19. The van der Waals surface area contributed by atoms with Crippen molar-refractivity contribution in [3.63, 3.8) is 0 Å². The van der Waals surface area contributed by atoms with Crippen molar-refractivity contribution in [3.8, 4) is 17.2 Å². The number of aromatic hydroxyl groups is 2. The third-order valence-electron chi connectivity index (χ3n) is 6.16. The third-order valence-corrected chi connectivity index (χ3v) is 6.16. The molecule has 1 aliphatic carbocycles. The number of hydrogen-bond acceptors (Lipinski definition) is 7. The number of nitrogens with one attached hydrogen (secondary N) is 1. The van der Waals surface area contributed by atoms with Crippen molar-refractivity contribution in [2.75, 3.05) is 12.4 Å². The topological polar surface area (TPSA) is 105 Å². The Morgan fingerprint density at radius 2 is 1.84 bits per heavy atom. The molecule has 158 valence electrons. The van der Waals surface area contributed by atoms with Crippen LogP contribution in [0.1, 0.15) is 47.1 Å². The first-order chi connectivity index (χ1) is 15.0. The van der Waals surface area contributed by atoms with Crippen LogP contribution in [0.25, 0.3) is 0 Å². The Kier molecular flexibility index (Phi) is 4.46. The summed E-state index contributed by atoms with van der Waals surface area (Å²) in [7, 11) is 1.50. The molecule has 31 heavy (non-hydrogen) atoms. The molecule has 2 aromatic carbocycles. The number of ketones is 1. The van der Waals surface area contributed by atoms with Crippen LogP contribution in [-0.4, -0.2) is 28.3 Å². The third kappa shape index (κ3) is 3.13. The second-order valence-corrected chi connectivity index (χ2v) is 8.01. The van der Waals surface area contributed by atoms with Crippen LogP contribution >= 0.6 is 0 Å². The number of allylic oxidation sites excluding steroid dienone is 2. The zero-order valence-corrected chi connectivity index (χ0v) is 17.2. The Bertz CT molecular complexity index is 1210. The number of anilines is 1. The fourth-order valence-corrected chi connectivity index (χ4v) is 4.67. The van der Waals surface area contributed by atoms with E-state index in [-0.39, 0.29) is 29.1 Å². The maximum absolute atomic E-state index is 13.4. The number of phenols is 2. The molecule has 0 fully saturated rings. The molecule has 0 saturated heterocycles. The summed E-state index contributed by atoms with van der Waals surface area (Å²) in [5.41, 5.74) is 4.76. The minimum Gasteiger partial charge on any atom is -0.508 e. The number of aromatic nitrogens is 1. The van der Waals surface area contributed by atoms with Crippen LogP contribution in [0.15, 0.2) is 58.3 Å². The van der Waals surface area contributed by atoms with Crippen LogP contribution in [0, 0.1) is 6.92 Å². The van der Waals surface area contributed by atoms with Crippen LogP contribution in [0.5, 0.6) is 17.2 Å². The Morgan fingerprint density at radius 3 is 2.55 bits per heavy atom. The first-order valence-corrected chi connectivity index (χ1v) is 10.1. The Balaban J connectivity index is 1.61. The van der Waals surface area contributed by atoms with Crippen molar-refractivity contribution in [1.82, 2.24) is 5.16 Å². The van der Waals surface area contributed by atoms with Gasteiger partial charge < -0.3 is 24.8 Å². The van der Waals surface area contributed by atoms with Gasteiger partial charge in [-0.1, -0.05) is 23.4 Å². The van der Waals surface area contributed by atoms with Crippen LogP contribution < -0.4 is 10.1 Å². The molecule has 2 atom stereocenters. The second-order valence-electron chi connectivity index (χ2n) is 8.01. The van der Waals surface area contributed by atoms with E-state index < -0.39 is 0 Å². The summed E-state index contributed by atoms with van der Waals surface area (Å²) in [5.74, 6) is 0.757. The number of rotatable bonds is 3. The maximum atomic E-state index is 13.4. The molecule has 0 amide bonds. The molecule has 0 spiro atoms. The first-order valence-electron chi connectivity index (χ1n) is 10.1. The number of carbonyl (C=O) groups is 1. The van der Waals surface area contributed by atoms with Crippen molar-refractivity contribution in [3.05, 3.63) is 76.1 Å². The average molecular weight is 418 g/mol. The van der Waals surface area contributed by atoms with Crippen LogP contribution in [-0.2, 0) is 4.79 Å². The highest BCUT2D eigenvalue weighted by Crippen LogP contribution is 2.49. The quantitative estimate of drug-likeness (QED) is 0.580. The number of methoxy groups -OCH3 is 1. The number of ether oxygens (including phenoxy) is 1. The normalized spacial score (nSPS) is 20.1. The lowest BCUT2D eigenvalue weighted by Gasteiger charge is -2.34. The molecule has 0 unspecified atom stereocenters. The van der Waals surface area contributed by atoms with E-state index in [0.717, 1.165) is 22.4 Å². The van der Waals surface area contributed by atoms with Gasteiger partial charge >= 0.3 is 0 Å². The molecule has 7 heteroatoms. The first kappa shape index (κ1) is 19.2. The molecule has 1 aliphatic heterocycles. The molecular weight excluding hydrogens is 396 g/mol. The smallest absolute Gasteiger partial charge is 0.233 e. The predicted molar refractivity (Wildman–Crippen MR) is 113 cm³/mol. The molecule has 2 aliphatic rings. The molecule has 0 saturated carbocycles. The number of fused-ring (bicyclic) bond motifs is 1. The minimum atomic E-state index is -0.387. The van der Waals surface area contributed by atoms with E-state index in [4.69, 9.17) is 9.26 Å². The largest absolute Gasteiger partial charge is 0.508 e. The molecule has 3 N–H and O–H groups in total. The molecular formula is C24H22N2O5.